The molecule has 2 aromatic carbocycles. The van der Waals surface area contributed by atoms with Crippen molar-refractivity contribution in [3.8, 4) is 11.5 Å². The van der Waals surface area contributed by atoms with Gasteiger partial charge in [-0.15, -0.1) is 0 Å². The van der Waals surface area contributed by atoms with E-state index in [1.54, 1.807) is 18.2 Å². The zero-order valence-electron chi connectivity index (χ0n) is 8.65. The molecule has 2 nitrogen and oxygen atoms in total. The van der Waals surface area contributed by atoms with Crippen LogP contribution in [0.5, 0.6) is 0 Å². The highest BCUT2D eigenvalue weighted by atomic mass is 35.5. The highest BCUT2D eigenvalue weighted by Gasteiger charge is 2.08. The van der Waals surface area contributed by atoms with Crippen LogP contribution in [-0.4, -0.2) is 4.98 Å². The summed E-state index contributed by atoms with van der Waals surface area (Å²) in [4.78, 5) is 4.22. The van der Waals surface area contributed by atoms with Gasteiger partial charge in [-0.2, -0.15) is 0 Å². The zero-order valence-corrected chi connectivity index (χ0v) is 9.41. The Morgan fingerprint density at radius 1 is 1.06 bits per heavy atom. The summed E-state index contributed by atoms with van der Waals surface area (Å²) in [7, 11) is 0. The maximum absolute atomic E-state index is 13.0. The standard InChI is InChI=1S/C13H7ClFNO/c14-9-3-1-8(2-4-9)13-16-11-7-10(15)5-6-12(11)17-13/h1-7H. The van der Waals surface area contributed by atoms with Gasteiger partial charge in [-0.25, -0.2) is 9.37 Å². The normalized spacial score (nSPS) is 10.9. The summed E-state index contributed by atoms with van der Waals surface area (Å²) in [6.45, 7) is 0. The third-order valence-electron chi connectivity index (χ3n) is 2.44. The van der Waals surface area contributed by atoms with Crippen molar-refractivity contribution in [3.05, 3.63) is 53.3 Å². The van der Waals surface area contributed by atoms with Gasteiger partial charge in [0.05, 0.1) is 0 Å². The van der Waals surface area contributed by atoms with Crippen molar-refractivity contribution in [2.45, 2.75) is 0 Å². The Labute approximate surface area is 102 Å². The fourth-order valence-corrected chi connectivity index (χ4v) is 1.74. The molecule has 17 heavy (non-hydrogen) atoms. The van der Waals surface area contributed by atoms with Crippen LogP contribution in [0, 0.1) is 5.82 Å². The van der Waals surface area contributed by atoms with Gasteiger partial charge >= 0.3 is 0 Å². The Morgan fingerprint density at radius 3 is 2.59 bits per heavy atom. The molecular weight excluding hydrogens is 241 g/mol. The molecule has 84 valence electrons. The van der Waals surface area contributed by atoms with Crippen molar-refractivity contribution >= 4 is 22.7 Å². The van der Waals surface area contributed by atoms with E-state index in [9.17, 15) is 4.39 Å². The number of hydrogen-bond donors (Lipinski definition) is 0. The van der Waals surface area contributed by atoms with E-state index in [1.807, 2.05) is 12.1 Å². The minimum Gasteiger partial charge on any atom is -0.436 e. The lowest BCUT2D eigenvalue weighted by molar-refractivity contribution is 0.614. The lowest BCUT2D eigenvalue weighted by Gasteiger charge is -1.94. The minimum atomic E-state index is -0.326. The molecule has 4 heteroatoms. The van der Waals surface area contributed by atoms with Gasteiger partial charge < -0.3 is 4.42 Å². The SMILES string of the molecule is Fc1ccc2oc(-c3ccc(Cl)cc3)nc2c1. The van der Waals surface area contributed by atoms with E-state index in [-0.39, 0.29) is 5.82 Å². The van der Waals surface area contributed by atoms with Crippen LogP contribution in [0.15, 0.2) is 46.9 Å². The van der Waals surface area contributed by atoms with Gasteiger partial charge in [0.2, 0.25) is 5.89 Å². The number of nitrogens with zero attached hydrogens (tertiary/aromatic N) is 1. The quantitative estimate of drug-likeness (QED) is 0.641. The molecule has 1 heterocycles. The molecular formula is C13H7ClFNO. The van der Waals surface area contributed by atoms with Crippen LogP contribution in [0.25, 0.3) is 22.6 Å². The number of aromatic nitrogens is 1. The average Bonchev–Trinajstić information content (AvgIpc) is 2.72. The molecule has 0 aliphatic heterocycles. The Bertz CT molecular complexity index is 675. The number of hydrogen-bond acceptors (Lipinski definition) is 2. The summed E-state index contributed by atoms with van der Waals surface area (Å²) >= 11 is 5.80. The molecule has 0 atom stereocenters. The largest absolute Gasteiger partial charge is 0.436 e. The summed E-state index contributed by atoms with van der Waals surface area (Å²) in [5.41, 5.74) is 1.89. The molecule has 0 spiro atoms. The van der Waals surface area contributed by atoms with E-state index in [4.69, 9.17) is 16.0 Å². The second-order valence-corrected chi connectivity index (χ2v) is 4.07. The molecule has 0 aliphatic rings. The first-order valence-electron chi connectivity index (χ1n) is 5.04. The van der Waals surface area contributed by atoms with Crippen LogP contribution >= 0.6 is 11.6 Å². The van der Waals surface area contributed by atoms with E-state index in [0.717, 1.165) is 5.56 Å². The highest BCUT2D eigenvalue weighted by molar-refractivity contribution is 6.30. The molecule has 0 radical (unpaired) electrons. The van der Waals surface area contributed by atoms with Gasteiger partial charge in [-0.3, -0.25) is 0 Å². The molecule has 0 N–H and O–H groups in total. The van der Waals surface area contributed by atoms with Gasteiger partial charge in [0, 0.05) is 16.7 Å². The highest BCUT2D eigenvalue weighted by Crippen LogP contribution is 2.25. The fraction of sp³-hybridized carbons (Fsp3) is 0. The fourth-order valence-electron chi connectivity index (χ4n) is 1.62. The third-order valence-corrected chi connectivity index (χ3v) is 2.69. The van der Waals surface area contributed by atoms with Gasteiger partial charge in [0.1, 0.15) is 11.3 Å². The maximum Gasteiger partial charge on any atom is 0.227 e. The molecule has 0 aliphatic carbocycles. The van der Waals surface area contributed by atoms with Crippen LogP contribution in [0.2, 0.25) is 5.02 Å². The second-order valence-electron chi connectivity index (χ2n) is 3.64. The van der Waals surface area contributed by atoms with Gasteiger partial charge in [0.15, 0.2) is 5.58 Å². The number of fused-ring (bicyclic) bond motifs is 1. The molecule has 0 bridgehead atoms. The number of benzene rings is 2. The van der Waals surface area contributed by atoms with Crippen LogP contribution in [0.3, 0.4) is 0 Å². The minimum absolute atomic E-state index is 0.326. The first-order valence-corrected chi connectivity index (χ1v) is 5.42. The third kappa shape index (κ3) is 1.89. The van der Waals surface area contributed by atoms with E-state index in [1.165, 1.54) is 12.1 Å². The lowest BCUT2D eigenvalue weighted by Crippen LogP contribution is -1.76. The molecule has 0 amide bonds. The molecule has 1 aromatic heterocycles. The van der Waals surface area contributed by atoms with Crippen LogP contribution in [-0.2, 0) is 0 Å². The van der Waals surface area contributed by atoms with Crippen LogP contribution in [0.4, 0.5) is 4.39 Å². The number of halogens is 2. The Hall–Kier alpha value is -1.87. The predicted octanol–water partition coefficient (Wildman–Crippen LogP) is 4.29. The summed E-state index contributed by atoms with van der Waals surface area (Å²) in [5, 5.41) is 0.649. The lowest BCUT2D eigenvalue weighted by atomic mass is 10.2. The molecule has 3 rings (SSSR count). The van der Waals surface area contributed by atoms with E-state index in [2.05, 4.69) is 4.98 Å². The van der Waals surface area contributed by atoms with E-state index < -0.39 is 0 Å². The van der Waals surface area contributed by atoms with Crippen LogP contribution in [0.1, 0.15) is 0 Å². The summed E-state index contributed by atoms with van der Waals surface area (Å²) in [6.07, 6.45) is 0. The monoisotopic (exact) mass is 247 g/mol. The Morgan fingerprint density at radius 2 is 1.82 bits per heavy atom. The van der Waals surface area contributed by atoms with Crippen molar-refractivity contribution in [2.24, 2.45) is 0 Å². The van der Waals surface area contributed by atoms with Gasteiger partial charge in [-0.1, -0.05) is 11.6 Å². The zero-order chi connectivity index (χ0) is 11.8. The smallest absolute Gasteiger partial charge is 0.227 e. The first kappa shape index (κ1) is 10.3. The average molecular weight is 248 g/mol. The van der Waals surface area contributed by atoms with Crippen molar-refractivity contribution in [2.75, 3.05) is 0 Å². The number of oxazole rings is 1. The topological polar surface area (TPSA) is 26.0 Å². The molecule has 0 saturated carbocycles. The van der Waals surface area contributed by atoms with Crippen molar-refractivity contribution in [3.63, 3.8) is 0 Å². The van der Waals surface area contributed by atoms with E-state index in [0.29, 0.717) is 22.0 Å². The number of rotatable bonds is 1. The first-order chi connectivity index (χ1) is 8.22. The van der Waals surface area contributed by atoms with Crippen molar-refractivity contribution < 1.29 is 8.81 Å². The molecule has 0 fully saturated rings. The summed E-state index contributed by atoms with van der Waals surface area (Å²) in [5.74, 6) is 0.135. The molecule has 3 aromatic rings. The maximum atomic E-state index is 13.0. The van der Waals surface area contributed by atoms with Crippen molar-refractivity contribution in [1.82, 2.24) is 4.98 Å². The van der Waals surface area contributed by atoms with Gasteiger partial charge in [0.25, 0.3) is 0 Å². The molecule has 0 unspecified atom stereocenters. The summed E-state index contributed by atoms with van der Waals surface area (Å²) < 4.78 is 18.5. The predicted molar refractivity (Wildman–Crippen MR) is 64.4 cm³/mol. The Kier molecular flexibility index (Phi) is 2.34. The summed E-state index contributed by atoms with van der Waals surface area (Å²) in [6, 6.07) is 11.4. The van der Waals surface area contributed by atoms with Crippen molar-refractivity contribution in [1.29, 1.82) is 0 Å². The van der Waals surface area contributed by atoms with Gasteiger partial charge in [-0.05, 0) is 36.4 Å². The molecule has 0 saturated heterocycles. The second kappa shape index (κ2) is 3.86. The van der Waals surface area contributed by atoms with Crippen LogP contribution < -0.4 is 0 Å². The Balaban J connectivity index is 2.14. The van der Waals surface area contributed by atoms with E-state index >= 15 is 0 Å².